The Morgan fingerprint density at radius 3 is 2.57 bits per heavy atom. The topological polar surface area (TPSA) is 54.0 Å². The summed E-state index contributed by atoms with van der Waals surface area (Å²) in [6.45, 7) is 1.80. The highest BCUT2D eigenvalue weighted by atomic mass is 32.1. The number of thiazole rings is 1. The van der Waals surface area contributed by atoms with Gasteiger partial charge < -0.3 is 10.6 Å². The number of thiophene rings is 1. The maximum absolute atomic E-state index is 13.3. The van der Waals surface area contributed by atoms with Crippen molar-refractivity contribution < 1.29 is 9.18 Å². The van der Waals surface area contributed by atoms with Crippen LogP contribution >= 0.6 is 22.7 Å². The van der Waals surface area contributed by atoms with E-state index in [0.29, 0.717) is 5.13 Å². The first-order valence-electron chi connectivity index (χ1n) is 8.81. The molecule has 0 saturated carbocycles. The lowest BCUT2D eigenvalue weighted by molar-refractivity contribution is -0.122. The zero-order chi connectivity index (χ0) is 19.5. The number of amides is 1. The molecule has 4 rings (SSSR count). The number of fused-ring (bicyclic) bond motifs is 1. The quantitative estimate of drug-likeness (QED) is 0.458. The summed E-state index contributed by atoms with van der Waals surface area (Å²) in [4.78, 5) is 18.4. The summed E-state index contributed by atoms with van der Waals surface area (Å²) in [5.74, 6) is -0.451. The summed E-state index contributed by atoms with van der Waals surface area (Å²) in [6, 6.07) is 17.2. The number of carbonyl (C=O) groups excluding carboxylic acids is 1. The minimum absolute atomic E-state index is 0.151. The van der Waals surface area contributed by atoms with Gasteiger partial charge in [-0.3, -0.25) is 4.79 Å². The molecule has 0 saturated heterocycles. The van der Waals surface area contributed by atoms with E-state index in [2.05, 4.69) is 15.6 Å². The minimum atomic E-state index is -0.469. The van der Waals surface area contributed by atoms with Crippen LogP contribution in [0.2, 0.25) is 0 Å². The van der Waals surface area contributed by atoms with E-state index in [9.17, 15) is 9.18 Å². The number of benzene rings is 2. The van der Waals surface area contributed by atoms with Crippen molar-refractivity contribution >= 4 is 43.9 Å². The molecular weight excluding hydrogens is 393 g/mol. The molecule has 0 aliphatic rings. The fourth-order valence-corrected chi connectivity index (χ4v) is 4.64. The lowest BCUT2D eigenvalue weighted by Gasteiger charge is -2.21. The first-order valence-corrected chi connectivity index (χ1v) is 10.5. The Morgan fingerprint density at radius 1 is 1.07 bits per heavy atom. The van der Waals surface area contributed by atoms with Crippen molar-refractivity contribution in [3.63, 3.8) is 0 Å². The van der Waals surface area contributed by atoms with Crippen LogP contribution < -0.4 is 10.6 Å². The number of aromatic nitrogens is 1. The van der Waals surface area contributed by atoms with Crippen molar-refractivity contribution in [2.75, 3.05) is 5.32 Å². The summed E-state index contributed by atoms with van der Waals surface area (Å²) in [5, 5.41) is 8.92. The number of hydrogen-bond donors (Lipinski definition) is 2. The Kier molecular flexibility index (Phi) is 5.36. The zero-order valence-electron chi connectivity index (χ0n) is 15.1. The van der Waals surface area contributed by atoms with Crippen molar-refractivity contribution in [1.29, 1.82) is 0 Å². The van der Waals surface area contributed by atoms with Crippen LogP contribution in [0.4, 0.5) is 9.52 Å². The maximum Gasteiger partial charge on any atom is 0.243 e. The molecular formula is C21H18FN3OS2. The van der Waals surface area contributed by atoms with Crippen LogP contribution in [0.5, 0.6) is 0 Å². The maximum atomic E-state index is 13.3. The van der Waals surface area contributed by atoms with Crippen LogP contribution in [-0.4, -0.2) is 16.9 Å². The molecule has 2 N–H and O–H groups in total. The number of para-hydroxylation sites is 1. The van der Waals surface area contributed by atoms with Gasteiger partial charge in [-0.1, -0.05) is 41.7 Å². The van der Waals surface area contributed by atoms with Crippen molar-refractivity contribution in [3.05, 3.63) is 82.3 Å². The van der Waals surface area contributed by atoms with Crippen LogP contribution in [0.15, 0.2) is 66.0 Å². The van der Waals surface area contributed by atoms with Crippen molar-refractivity contribution in [3.8, 4) is 0 Å². The summed E-state index contributed by atoms with van der Waals surface area (Å²) >= 11 is 3.07. The molecule has 2 aromatic carbocycles. The van der Waals surface area contributed by atoms with Crippen LogP contribution in [0.25, 0.3) is 10.2 Å². The second-order valence-corrected chi connectivity index (χ2v) is 8.37. The second-order valence-electron chi connectivity index (χ2n) is 6.36. The van der Waals surface area contributed by atoms with Crippen LogP contribution in [-0.2, 0) is 4.79 Å². The van der Waals surface area contributed by atoms with Gasteiger partial charge in [-0.05, 0) is 48.2 Å². The fourth-order valence-electron chi connectivity index (χ4n) is 2.88. The summed E-state index contributed by atoms with van der Waals surface area (Å²) in [5.41, 5.74) is 1.75. The van der Waals surface area contributed by atoms with E-state index in [1.54, 1.807) is 30.4 Å². The molecule has 0 aliphatic heterocycles. The van der Waals surface area contributed by atoms with Gasteiger partial charge in [-0.25, -0.2) is 9.37 Å². The Balaban J connectivity index is 1.51. The van der Waals surface area contributed by atoms with E-state index in [1.807, 2.05) is 41.8 Å². The number of halogens is 1. The Bertz CT molecular complexity index is 1040. The van der Waals surface area contributed by atoms with E-state index in [0.717, 1.165) is 20.7 Å². The third-order valence-electron chi connectivity index (χ3n) is 4.34. The Morgan fingerprint density at radius 2 is 1.86 bits per heavy atom. The van der Waals surface area contributed by atoms with Gasteiger partial charge in [0.15, 0.2) is 5.13 Å². The summed E-state index contributed by atoms with van der Waals surface area (Å²) in [7, 11) is 0. The average molecular weight is 412 g/mol. The fraction of sp³-hybridized carbons (Fsp3) is 0.143. The Labute approximate surface area is 170 Å². The predicted octanol–water partition coefficient (Wildman–Crippen LogP) is 5.20. The highest BCUT2D eigenvalue weighted by Gasteiger charge is 2.22. The number of nitrogens with one attached hydrogen (secondary N) is 2. The van der Waals surface area contributed by atoms with Crippen LogP contribution in [0.3, 0.4) is 0 Å². The van der Waals surface area contributed by atoms with Gasteiger partial charge in [0.2, 0.25) is 5.91 Å². The van der Waals surface area contributed by atoms with Crippen molar-refractivity contribution in [1.82, 2.24) is 10.3 Å². The minimum Gasteiger partial charge on any atom is -0.350 e. The van der Waals surface area contributed by atoms with Gasteiger partial charge in [0.05, 0.1) is 16.3 Å². The van der Waals surface area contributed by atoms with Gasteiger partial charge in [0.1, 0.15) is 11.9 Å². The number of hydrogen-bond acceptors (Lipinski definition) is 5. The predicted molar refractivity (Wildman–Crippen MR) is 113 cm³/mol. The molecule has 142 valence electrons. The lowest BCUT2D eigenvalue weighted by atomic mass is 10.0. The largest absolute Gasteiger partial charge is 0.350 e. The van der Waals surface area contributed by atoms with E-state index in [-0.39, 0.29) is 17.8 Å². The van der Waals surface area contributed by atoms with Gasteiger partial charge in [0.25, 0.3) is 0 Å². The van der Waals surface area contributed by atoms with Gasteiger partial charge in [0, 0.05) is 4.88 Å². The van der Waals surface area contributed by atoms with E-state index >= 15 is 0 Å². The van der Waals surface area contributed by atoms with E-state index in [1.165, 1.54) is 23.5 Å². The molecule has 28 heavy (non-hydrogen) atoms. The van der Waals surface area contributed by atoms with Crippen LogP contribution in [0.1, 0.15) is 23.4 Å². The molecule has 1 amide bonds. The van der Waals surface area contributed by atoms with E-state index in [4.69, 9.17) is 0 Å². The molecule has 7 heteroatoms. The number of anilines is 1. The van der Waals surface area contributed by atoms with Gasteiger partial charge in [-0.2, -0.15) is 0 Å². The molecule has 0 spiro atoms. The second kappa shape index (κ2) is 8.08. The third-order valence-corrected chi connectivity index (χ3v) is 6.25. The number of rotatable bonds is 6. The number of nitrogens with zero attached hydrogens (tertiary/aromatic N) is 1. The highest BCUT2D eigenvalue weighted by Crippen LogP contribution is 2.28. The number of carbonyl (C=O) groups is 1. The van der Waals surface area contributed by atoms with E-state index < -0.39 is 6.04 Å². The highest BCUT2D eigenvalue weighted by molar-refractivity contribution is 7.22. The first kappa shape index (κ1) is 18.6. The SMILES string of the molecule is C[C@H](Nc1nc2ccccc2s1)C(=O)N[C@H](c1ccc(F)cc1)c1cccs1. The molecule has 0 aliphatic carbocycles. The van der Waals surface area contributed by atoms with Gasteiger partial charge >= 0.3 is 0 Å². The molecule has 0 fully saturated rings. The van der Waals surface area contributed by atoms with Gasteiger partial charge in [-0.15, -0.1) is 11.3 Å². The summed E-state index contributed by atoms with van der Waals surface area (Å²) in [6.07, 6.45) is 0. The molecule has 0 unspecified atom stereocenters. The molecule has 4 nitrogen and oxygen atoms in total. The monoisotopic (exact) mass is 411 g/mol. The molecule has 4 aromatic rings. The van der Waals surface area contributed by atoms with Crippen molar-refractivity contribution in [2.45, 2.75) is 19.0 Å². The van der Waals surface area contributed by atoms with Crippen molar-refractivity contribution in [2.24, 2.45) is 0 Å². The molecule has 0 bridgehead atoms. The molecule has 2 aromatic heterocycles. The standard InChI is InChI=1S/C21H18FN3OS2/c1-13(23-21-24-16-5-2-3-6-17(16)28-21)20(26)25-19(18-7-4-12-27-18)14-8-10-15(22)11-9-14/h2-13,19H,1H3,(H,23,24)(H,25,26)/t13-,19+/m0/s1. The zero-order valence-corrected chi connectivity index (χ0v) is 16.7. The molecule has 2 heterocycles. The first-order chi connectivity index (χ1) is 13.6. The normalized spacial score (nSPS) is 13.2. The molecule has 0 radical (unpaired) electrons. The Hall–Kier alpha value is -2.77. The lowest BCUT2D eigenvalue weighted by Crippen LogP contribution is -2.39. The third kappa shape index (κ3) is 4.05. The molecule has 2 atom stereocenters. The summed E-state index contributed by atoms with van der Waals surface area (Å²) < 4.78 is 14.4. The average Bonchev–Trinajstić information content (AvgIpc) is 3.36. The van der Waals surface area contributed by atoms with Crippen LogP contribution in [0, 0.1) is 5.82 Å². The smallest absolute Gasteiger partial charge is 0.243 e.